The third-order valence-electron chi connectivity index (χ3n) is 5.39. The van der Waals surface area contributed by atoms with Crippen LogP contribution < -0.4 is 0 Å². The summed E-state index contributed by atoms with van der Waals surface area (Å²) in [5, 5.41) is 3.87. The molecule has 4 rings (SSSR count). The summed E-state index contributed by atoms with van der Waals surface area (Å²) in [7, 11) is 0. The first-order chi connectivity index (χ1) is 14.3. The summed E-state index contributed by atoms with van der Waals surface area (Å²) in [6.45, 7) is 4.34. The molecule has 3 aromatic rings. The molecule has 1 aliphatic rings. The molecule has 0 spiro atoms. The average molecular weight is 418 g/mol. The lowest BCUT2D eigenvalue weighted by atomic mass is 9.91. The molecule has 0 radical (unpaired) electrons. The van der Waals surface area contributed by atoms with Crippen LogP contribution in [0.1, 0.15) is 65.8 Å². The molecule has 1 aliphatic heterocycles. The highest BCUT2D eigenvalue weighted by atomic mass is 19.4. The molecule has 1 fully saturated rings. The second kappa shape index (κ2) is 7.70. The highest BCUT2D eigenvalue weighted by Gasteiger charge is 2.38. The van der Waals surface area contributed by atoms with Gasteiger partial charge in [0, 0.05) is 37.1 Å². The fourth-order valence-electron chi connectivity index (χ4n) is 3.85. The van der Waals surface area contributed by atoms with E-state index in [9.17, 15) is 18.0 Å². The molecule has 3 aromatic heterocycles. The molecule has 1 saturated heterocycles. The molecule has 0 aromatic carbocycles. The number of piperidine rings is 1. The van der Waals surface area contributed by atoms with Crippen molar-refractivity contribution in [1.82, 2.24) is 20.0 Å². The quantitative estimate of drug-likeness (QED) is 0.612. The second-order valence-electron chi connectivity index (χ2n) is 7.83. The molecule has 0 N–H and O–H groups in total. The monoisotopic (exact) mass is 418 g/mol. The first-order valence-corrected chi connectivity index (χ1v) is 9.82. The van der Waals surface area contributed by atoms with Gasteiger partial charge in [-0.1, -0.05) is 19.0 Å². The van der Waals surface area contributed by atoms with Gasteiger partial charge in [0.05, 0.1) is 22.2 Å². The van der Waals surface area contributed by atoms with Crippen molar-refractivity contribution < 1.29 is 22.5 Å². The molecule has 9 heteroatoms. The lowest BCUT2D eigenvalue weighted by Gasteiger charge is -2.32. The van der Waals surface area contributed by atoms with E-state index in [2.05, 4.69) is 15.1 Å². The number of hydrogen-bond acceptors (Lipinski definition) is 5. The Balaban J connectivity index is 1.71. The Morgan fingerprint density at radius 1 is 1.33 bits per heavy atom. The molecule has 1 amide bonds. The number of alkyl halides is 3. The van der Waals surface area contributed by atoms with Gasteiger partial charge in [-0.15, -0.1) is 0 Å². The molecule has 0 aliphatic carbocycles. The van der Waals surface area contributed by atoms with Crippen LogP contribution in [0, 0.1) is 0 Å². The molecule has 158 valence electrons. The van der Waals surface area contributed by atoms with Crippen molar-refractivity contribution in [3.8, 4) is 0 Å². The lowest BCUT2D eigenvalue weighted by molar-refractivity contribution is -0.136. The maximum absolute atomic E-state index is 13.8. The fourth-order valence-corrected chi connectivity index (χ4v) is 3.85. The summed E-state index contributed by atoms with van der Waals surface area (Å²) < 4.78 is 46.8. The third kappa shape index (κ3) is 3.76. The van der Waals surface area contributed by atoms with Crippen molar-refractivity contribution in [1.29, 1.82) is 0 Å². The third-order valence-corrected chi connectivity index (χ3v) is 5.39. The fraction of sp³-hybridized carbons (Fsp3) is 0.429. The van der Waals surface area contributed by atoms with Crippen molar-refractivity contribution >= 4 is 17.0 Å². The number of carbonyl (C=O) groups is 1. The van der Waals surface area contributed by atoms with Crippen LogP contribution in [-0.2, 0) is 6.18 Å². The van der Waals surface area contributed by atoms with Crippen molar-refractivity contribution in [2.75, 3.05) is 13.1 Å². The largest absolute Gasteiger partial charge is 0.417 e. The SMILES string of the molecule is CC(C)c1cc(C(F)(F)F)c2c(C3CCCN(C(=O)c4cccnc4)C3)noc2n1. The lowest BCUT2D eigenvalue weighted by Crippen LogP contribution is -2.39. The average Bonchev–Trinajstić information content (AvgIpc) is 3.16. The molecular formula is C21H21F3N4O2. The maximum Gasteiger partial charge on any atom is 0.417 e. The van der Waals surface area contributed by atoms with E-state index >= 15 is 0 Å². The van der Waals surface area contributed by atoms with E-state index in [0.717, 1.165) is 6.07 Å². The Hall–Kier alpha value is -2.97. The van der Waals surface area contributed by atoms with E-state index in [1.54, 1.807) is 37.1 Å². The van der Waals surface area contributed by atoms with E-state index in [1.165, 1.54) is 6.20 Å². The number of halogens is 3. The number of nitrogens with zero attached hydrogens (tertiary/aromatic N) is 4. The first kappa shape index (κ1) is 20.3. The maximum atomic E-state index is 13.8. The number of pyridine rings is 2. The Bertz CT molecular complexity index is 1060. The Morgan fingerprint density at radius 2 is 2.13 bits per heavy atom. The minimum atomic E-state index is -4.56. The summed E-state index contributed by atoms with van der Waals surface area (Å²) in [6, 6.07) is 4.42. The zero-order valence-electron chi connectivity index (χ0n) is 16.6. The summed E-state index contributed by atoms with van der Waals surface area (Å²) in [4.78, 5) is 22.6. The van der Waals surface area contributed by atoms with Gasteiger partial charge in [0.2, 0.25) is 0 Å². The minimum absolute atomic E-state index is 0.104. The molecule has 6 nitrogen and oxygen atoms in total. The van der Waals surface area contributed by atoms with E-state index < -0.39 is 11.7 Å². The standard InChI is InChI=1S/C21H21F3N4O2/c1-12(2)16-9-15(21(22,23)24)17-18(27-30-19(17)26-16)14-6-4-8-28(11-14)20(29)13-5-3-7-25-10-13/h3,5,7,9-10,12,14H,4,6,8,11H2,1-2H3. The van der Waals surface area contributed by atoms with Gasteiger partial charge in [0.25, 0.3) is 11.6 Å². The Kier molecular flexibility index (Phi) is 5.21. The minimum Gasteiger partial charge on any atom is -0.338 e. The van der Waals surface area contributed by atoms with Crippen LogP contribution in [0.2, 0.25) is 0 Å². The van der Waals surface area contributed by atoms with Crippen LogP contribution in [0.3, 0.4) is 0 Å². The molecule has 4 heterocycles. The number of likely N-dealkylation sites (tertiary alicyclic amines) is 1. The predicted molar refractivity (Wildman–Crippen MR) is 103 cm³/mol. The Labute approximate surface area is 171 Å². The van der Waals surface area contributed by atoms with Gasteiger partial charge in [-0.3, -0.25) is 9.78 Å². The van der Waals surface area contributed by atoms with E-state index in [1.807, 2.05) is 0 Å². The molecule has 1 unspecified atom stereocenters. The number of carbonyl (C=O) groups excluding carboxylic acids is 1. The van der Waals surface area contributed by atoms with Gasteiger partial charge in [0.1, 0.15) is 0 Å². The Morgan fingerprint density at radius 3 is 2.80 bits per heavy atom. The predicted octanol–water partition coefficient (Wildman–Crippen LogP) is 4.78. The summed E-state index contributed by atoms with van der Waals surface area (Å²) in [5.41, 5.74) is 0.0585. The molecular weight excluding hydrogens is 397 g/mol. The van der Waals surface area contributed by atoms with E-state index in [-0.39, 0.29) is 41.1 Å². The second-order valence-corrected chi connectivity index (χ2v) is 7.83. The molecule has 1 atom stereocenters. The van der Waals surface area contributed by atoms with Crippen LogP contribution in [-0.4, -0.2) is 39.0 Å². The van der Waals surface area contributed by atoms with E-state index in [0.29, 0.717) is 30.6 Å². The first-order valence-electron chi connectivity index (χ1n) is 9.82. The topological polar surface area (TPSA) is 72.1 Å². The number of amides is 1. The van der Waals surface area contributed by atoms with Gasteiger partial charge in [-0.2, -0.15) is 13.2 Å². The summed E-state index contributed by atoms with van der Waals surface area (Å²) in [6.07, 6.45) is -0.235. The number of rotatable bonds is 3. The summed E-state index contributed by atoms with van der Waals surface area (Å²) in [5.74, 6) is -0.753. The van der Waals surface area contributed by atoms with Gasteiger partial charge in [0.15, 0.2) is 0 Å². The van der Waals surface area contributed by atoms with Crippen LogP contribution in [0.15, 0.2) is 35.1 Å². The number of fused-ring (bicyclic) bond motifs is 1. The molecule has 0 bridgehead atoms. The molecule has 30 heavy (non-hydrogen) atoms. The van der Waals surface area contributed by atoms with Crippen LogP contribution >= 0.6 is 0 Å². The molecule has 0 saturated carbocycles. The van der Waals surface area contributed by atoms with Crippen molar-refractivity contribution in [3.63, 3.8) is 0 Å². The van der Waals surface area contributed by atoms with Crippen molar-refractivity contribution in [3.05, 3.63) is 53.1 Å². The van der Waals surface area contributed by atoms with Crippen LogP contribution in [0.4, 0.5) is 13.2 Å². The highest BCUT2D eigenvalue weighted by molar-refractivity contribution is 5.94. The number of hydrogen-bond donors (Lipinski definition) is 0. The van der Waals surface area contributed by atoms with Crippen molar-refractivity contribution in [2.45, 2.75) is 44.7 Å². The van der Waals surface area contributed by atoms with Crippen molar-refractivity contribution in [2.24, 2.45) is 0 Å². The van der Waals surface area contributed by atoms with E-state index in [4.69, 9.17) is 4.52 Å². The highest BCUT2D eigenvalue weighted by Crippen LogP contribution is 2.40. The normalized spacial score (nSPS) is 17.7. The smallest absolute Gasteiger partial charge is 0.338 e. The van der Waals surface area contributed by atoms with Gasteiger partial charge in [-0.25, -0.2) is 4.98 Å². The zero-order chi connectivity index (χ0) is 21.5. The van der Waals surface area contributed by atoms with Crippen LogP contribution in [0.25, 0.3) is 11.1 Å². The zero-order valence-corrected chi connectivity index (χ0v) is 16.6. The summed E-state index contributed by atoms with van der Waals surface area (Å²) >= 11 is 0. The number of aromatic nitrogens is 3. The van der Waals surface area contributed by atoms with Crippen LogP contribution in [0.5, 0.6) is 0 Å². The van der Waals surface area contributed by atoms with Gasteiger partial charge in [-0.05, 0) is 37.0 Å². The van der Waals surface area contributed by atoms with Gasteiger partial charge < -0.3 is 9.42 Å². The van der Waals surface area contributed by atoms with Gasteiger partial charge >= 0.3 is 6.18 Å².